The molecule has 0 amide bonds. The van der Waals surface area contributed by atoms with Crippen LogP contribution >= 0.6 is 11.6 Å². The van der Waals surface area contributed by atoms with Gasteiger partial charge < -0.3 is 15.8 Å². The average molecular weight is 470 g/mol. The molecule has 1 aromatic heterocycles. The number of hydrogen-bond acceptors (Lipinski definition) is 6. The van der Waals surface area contributed by atoms with Crippen LogP contribution in [0.3, 0.4) is 0 Å². The summed E-state index contributed by atoms with van der Waals surface area (Å²) in [4.78, 5) is 19.5. The molecule has 0 atom stereocenters. The molecule has 1 aliphatic heterocycles. The molecule has 7 nitrogen and oxygen atoms in total. The highest BCUT2D eigenvalue weighted by Crippen LogP contribution is 2.26. The highest BCUT2D eigenvalue weighted by molar-refractivity contribution is 6.31. The van der Waals surface area contributed by atoms with Crippen LogP contribution in [-0.4, -0.2) is 44.5 Å². The van der Waals surface area contributed by atoms with Crippen LogP contribution in [0.5, 0.6) is 0 Å². The standard InChI is InChI=1S/C24H25ClFN5O2/c25-21-4-2-1-3-17(21)14-30-11-9-24(33,10-12-30)15-31-16-28-22(20(13-27)23(31)32)29-19-7-5-18(26)6-8-19/h1-8,13,16,27,29,33H,9-12,14-15H2. The SMILES string of the molecule is N=Cc1c(Nc2ccc(F)cc2)ncn(CC2(O)CCN(Cc3ccccc3Cl)CC2)c1=O. The zero-order valence-corrected chi connectivity index (χ0v) is 18.7. The van der Waals surface area contributed by atoms with Crippen LogP contribution in [0.25, 0.3) is 0 Å². The van der Waals surface area contributed by atoms with E-state index < -0.39 is 11.2 Å². The van der Waals surface area contributed by atoms with Gasteiger partial charge in [0.1, 0.15) is 17.2 Å². The lowest BCUT2D eigenvalue weighted by Gasteiger charge is -2.38. The summed E-state index contributed by atoms with van der Waals surface area (Å²) in [7, 11) is 0. The molecule has 172 valence electrons. The minimum Gasteiger partial charge on any atom is -0.388 e. The Morgan fingerprint density at radius 2 is 1.88 bits per heavy atom. The van der Waals surface area contributed by atoms with Crippen molar-refractivity contribution in [1.82, 2.24) is 14.5 Å². The van der Waals surface area contributed by atoms with Crippen LogP contribution < -0.4 is 10.9 Å². The molecule has 1 aliphatic rings. The van der Waals surface area contributed by atoms with Crippen molar-refractivity contribution in [1.29, 1.82) is 5.41 Å². The van der Waals surface area contributed by atoms with Gasteiger partial charge in [-0.1, -0.05) is 29.8 Å². The Kier molecular flexibility index (Phi) is 6.88. The van der Waals surface area contributed by atoms with E-state index in [1.165, 1.54) is 35.2 Å². The third-order valence-electron chi connectivity index (χ3n) is 5.93. The van der Waals surface area contributed by atoms with E-state index in [2.05, 4.69) is 15.2 Å². The molecule has 0 spiro atoms. The van der Waals surface area contributed by atoms with Crippen molar-refractivity contribution in [3.63, 3.8) is 0 Å². The van der Waals surface area contributed by atoms with Crippen LogP contribution in [0.15, 0.2) is 59.7 Å². The van der Waals surface area contributed by atoms with Gasteiger partial charge in [0.2, 0.25) is 0 Å². The van der Waals surface area contributed by atoms with Crippen molar-refractivity contribution in [2.45, 2.75) is 31.5 Å². The van der Waals surface area contributed by atoms with Gasteiger partial charge in [-0.05, 0) is 48.7 Å². The van der Waals surface area contributed by atoms with E-state index >= 15 is 0 Å². The predicted octanol–water partition coefficient (Wildman–Crippen LogP) is 3.80. The maximum atomic E-state index is 13.1. The fraction of sp³-hybridized carbons (Fsp3) is 0.292. The Hall–Kier alpha value is -3.07. The van der Waals surface area contributed by atoms with Gasteiger partial charge >= 0.3 is 0 Å². The lowest BCUT2D eigenvalue weighted by atomic mass is 9.91. The maximum absolute atomic E-state index is 13.1. The van der Waals surface area contributed by atoms with E-state index in [0.29, 0.717) is 38.2 Å². The summed E-state index contributed by atoms with van der Waals surface area (Å²) < 4.78 is 14.5. The van der Waals surface area contributed by atoms with Crippen molar-refractivity contribution >= 4 is 29.3 Å². The summed E-state index contributed by atoms with van der Waals surface area (Å²) in [5.74, 6) is -0.165. The molecule has 2 aromatic carbocycles. The molecule has 2 heterocycles. The fourth-order valence-electron chi connectivity index (χ4n) is 3.99. The number of aliphatic hydroxyl groups is 1. The second kappa shape index (κ2) is 9.82. The Bertz CT molecular complexity index is 1190. The number of halogens is 2. The van der Waals surface area contributed by atoms with Crippen molar-refractivity contribution in [3.8, 4) is 0 Å². The Morgan fingerprint density at radius 3 is 2.55 bits per heavy atom. The molecule has 0 bridgehead atoms. The smallest absolute Gasteiger partial charge is 0.264 e. The largest absolute Gasteiger partial charge is 0.388 e. The number of benzene rings is 2. The van der Waals surface area contributed by atoms with Gasteiger partial charge in [-0.3, -0.25) is 14.3 Å². The number of anilines is 2. The molecule has 1 fully saturated rings. The van der Waals surface area contributed by atoms with Gasteiger partial charge in [-0.15, -0.1) is 0 Å². The number of likely N-dealkylation sites (tertiary alicyclic amines) is 1. The summed E-state index contributed by atoms with van der Waals surface area (Å²) in [6, 6.07) is 13.3. The minimum atomic E-state index is -1.05. The molecular weight excluding hydrogens is 445 g/mol. The van der Waals surface area contributed by atoms with Gasteiger partial charge in [0.25, 0.3) is 5.56 Å². The number of rotatable bonds is 7. The maximum Gasteiger partial charge on any atom is 0.264 e. The molecule has 9 heteroatoms. The molecule has 0 saturated carbocycles. The number of piperidine rings is 1. The second-order valence-electron chi connectivity index (χ2n) is 8.31. The second-order valence-corrected chi connectivity index (χ2v) is 8.72. The van der Waals surface area contributed by atoms with Crippen molar-refractivity contribution in [2.75, 3.05) is 18.4 Å². The van der Waals surface area contributed by atoms with E-state index in [4.69, 9.17) is 17.0 Å². The first-order chi connectivity index (χ1) is 15.9. The van der Waals surface area contributed by atoms with Gasteiger partial charge in [0, 0.05) is 36.6 Å². The van der Waals surface area contributed by atoms with Crippen molar-refractivity contribution in [2.24, 2.45) is 0 Å². The van der Waals surface area contributed by atoms with Crippen molar-refractivity contribution < 1.29 is 9.50 Å². The molecule has 0 radical (unpaired) electrons. The van der Waals surface area contributed by atoms with E-state index in [0.717, 1.165) is 16.8 Å². The highest BCUT2D eigenvalue weighted by atomic mass is 35.5. The molecule has 33 heavy (non-hydrogen) atoms. The summed E-state index contributed by atoms with van der Waals surface area (Å²) >= 11 is 6.26. The topological polar surface area (TPSA) is 94.2 Å². The third-order valence-corrected chi connectivity index (χ3v) is 6.30. The molecule has 4 rings (SSSR count). The first-order valence-electron chi connectivity index (χ1n) is 10.7. The quantitative estimate of drug-likeness (QED) is 0.457. The van der Waals surface area contributed by atoms with E-state index in [1.807, 2.05) is 24.3 Å². The summed E-state index contributed by atoms with van der Waals surface area (Å²) in [5, 5.41) is 22.5. The van der Waals surface area contributed by atoms with E-state index in [1.54, 1.807) is 0 Å². The zero-order chi connectivity index (χ0) is 23.4. The molecule has 1 saturated heterocycles. The van der Waals surface area contributed by atoms with Gasteiger partial charge in [-0.25, -0.2) is 9.37 Å². The Balaban J connectivity index is 1.44. The van der Waals surface area contributed by atoms with Crippen LogP contribution in [-0.2, 0) is 13.1 Å². The van der Waals surface area contributed by atoms with Crippen LogP contribution in [0, 0.1) is 11.2 Å². The first kappa shape index (κ1) is 23.1. The lowest BCUT2D eigenvalue weighted by Crippen LogP contribution is -2.48. The Labute approximate surface area is 196 Å². The van der Waals surface area contributed by atoms with Gasteiger partial charge in [-0.2, -0.15) is 0 Å². The zero-order valence-electron chi connectivity index (χ0n) is 18.0. The summed E-state index contributed by atoms with van der Waals surface area (Å²) in [6.07, 6.45) is 3.31. The third kappa shape index (κ3) is 5.47. The van der Waals surface area contributed by atoms with Gasteiger partial charge in [0.05, 0.1) is 18.5 Å². The monoisotopic (exact) mass is 469 g/mol. The predicted molar refractivity (Wildman–Crippen MR) is 127 cm³/mol. The van der Waals surface area contributed by atoms with Crippen LogP contribution in [0.4, 0.5) is 15.9 Å². The number of nitrogens with zero attached hydrogens (tertiary/aromatic N) is 3. The van der Waals surface area contributed by atoms with E-state index in [9.17, 15) is 14.3 Å². The lowest BCUT2D eigenvalue weighted by molar-refractivity contribution is -0.0365. The minimum absolute atomic E-state index is 0.0709. The molecule has 3 N–H and O–H groups in total. The molecule has 3 aromatic rings. The molecular formula is C24H25ClFN5O2. The average Bonchev–Trinajstić information content (AvgIpc) is 2.80. The van der Waals surface area contributed by atoms with Crippen LogP contribution in [0.1, 0.15) is 24.0 Å². The van der Waals surface area contributed by atoms with E-state index in [-0.39, 0.29) is 23.7 Å². The van der Waals surface area contributed by atoms with Crippen molar-refractivity contribution in [3.05, 3.63) is 87.2 Å². The number of hydrogen-bond donors (Lipinski definition) is 3. The number of aromatic nitrogens is 2. The van der Waals surface area contributed by atoms with Crippen LogP contribution in [0.2, 0.25) is 5.02 Å². The number of nitrogens with one attached hydrogen (secondary N) is 2. The molecule has 0 aliphatic carbocycles. The summed E-state index contributed by atoms with van der Waals surface area (Å²) in [6.45, 7) is 2.15. The molecule has 0 unspecified atom stereocenters. The van der Waals surface area contributed by atoms with Gasteiger partial charge in [0.15, 0.2) is 0 Å². The fourth-order valence-corrected chi connectivity index (χ4v) is 4.18. The first-order valence-corrected chi connectivity index (χ1v) is 11.1. The normalized spacial score (nSPS) is 15.8. The highest BCUT2D eigenvalue weighted by Gasteiger charge is 2.33. The summed E-state index contributed by atoms with van der Waals surface area (Å²) in [5.41, 5.74) is 0.199. The Morgan fingerprint density at radius 1 is 1.18 bits per heavy atom.